The van der Waals surface area contributed by atoms with Crippen LogP contribution in [0.3, 0.4) is 0 Å². The van der Waals surface area contributed by atoms with Crippen LogP contribution >= 0.6 is 11.6 Å². The molecular weight excluding hydrogens is 196 g/mol. The highest BCUT2D eigenvalue weighted by molar-refractivity contribution is 6.29. The first-order valence-electron chi connectivity index (χ1n) is 4.43. The summed E-state index contributed by atoms with van der Waals surface area (Å²) in [5.74, 6) is 0.966. The topological polar surface area (TPSA) is 17.8 Å². The van der Waals surface area contributed by atoms with Gasteiger partial charge in [0.05, 0.1) is 17.6 Å². The molecule has 0 fully saturated rings. The van der Waals surface area contributed by atoms with Gasteiger partial charge in [0.25, 0.3) is 0 Å². The van der Waals surface area contributed by atoms with Gasteiger partial charge >= 0.3 is 0 Å². The van der Waals surface area contributed by atoms with Crippen LogP contribution < -0.4 is 0 Å². The van der Waals surface area contributed by atoms with Gasteiger partial charge < -0.3 is 4.57 Å². The van der Waals surface area contributed by atoms with Gasteiger partial charge in [0.1, 0.15) is 5.82 Å². The predicted octanol–water partition coefficient (Wildman–Crippen LogP) is 3.10. The van der Waals surface area contributed by atoms with Crippen molar-refractivity contribution in [3.63, 3.8) is 0 Å². The zero-order chi connectivity index (χ0) is 10.1. The van der Waals surface area contributed by atoms with Gasteiger partial charge in [-0.2, -0.15) is 0 Å². The lowest BCUT2D eigenvalue weighted by Gasteiger charge is -2.04. The molecule has 3 heteroatoms. The van der Waals surface area contributed by atoms with Crippen LogP contribution in [0.5, 0.6) is 0 Å². The molecule has 0 aliphatic heterocycles. The number of halogens is 1. The second-order valence-corrected chi connectivity index (χ2v) is 3.79. The third kappa shape index (κ3) is 1.53. The molecule has 1 aromatic carbocycles. The third-order valence-electron chi connectivity index (χ3n) is 2.18. The van der Waals surface area contributed by atoms with E-state index in [1.54, 1.807) is 0 Å². The molecule has 2 rings (SSSR count). The first-order valence-corrected chi connectivity index (χ1v) is 4.81. The SMILES string of the molecule is C=C(Cl)Cn1c(C)nc2ccccc21. The highest BCUT2D eigenvalue weighted by Gasteiger charge is 2.05. The first-order chi connectivity index (χ1) is 6.68. The molecule has 0 N–H and O–H groups in total. The highest BCUT2D eigenvalue weighted by atomic mass is 35.5. The van der Waals surface area contributed by atoms with Crippen LogP contribution in [0, 0.1) is 6.92 Å². The van der Waals surface area contributed by atoms with Crippen molar-refractivity contribution in [3.8, 4) is 0 Å². The van der Waals surface area contributed by atoms with Crippen LogP contribution in [0.4, 0.5) is 0 Å². The van der Waals surface area contributed by atoms with Crippen LogP contribution in [-0.2, 0) is 6.54 Å². The van der Waals surface area contributed by atoms with Gasteiger partial charge in [-0.25, -0.2) is 4.98 Å². The molecule has 1 aromatic heterocycles. The van der Waals surface area contributed by atoms with Gasteiger partial charge in [-0.15, -0.1) is 0 Å². The Bertz CT molecular complexity index is 485. The maximum absolute atomic E-state index is 5.80. The summed E-state index contributed by atoms with van der Waals surface area (Å²) in [5.41, 5.74) is 2.11. The minimum absolute atomic E-state index is 0.619. The molecule has 1 heterocycles. The van der Waals surface area contributed by atoms with Crippen molar-refractivity contribution in [3.05, 3.63) is 41.7 Å². The predicted molar refractivity (Wildman–Crippen MR) is 59.5 cm³/mol. The Morgan fingerprint density at radius 2 is 2.21 bits per heavy atom. The Hall–Kier alpha value is -1.28. The number of hydrogen-bond donors (Lipinski definition) is 0. The molecular formula is C11H11ClN2. The molecule has 0 saturated carbocycles. The Morgan fingerprint density at radius 1 is 1.50 bits per heavy atom. The second kappa shape index (κ2) is 3.46. The largest absolute Gasteiger partial charge is 0.323 e. The van der Waals surface area contributed by atoms with E-state index in [1.807, 2.05) is 31.2 Å². The lowest BCUT2D eigenvalue weighted by Crippen LogP contribution is -1.99. The molecule has 0 amide bonds. The van der Waals surface area contributed by atoms with E-state index in [-0.39, 0.29) is 0 Å². The average molecular weight is 207 g/mol. The Kier molecular flexibility index (Phi) is 2.30. The molecule has 0 radical (unpaired) electrons. The number of aromatic nitrogens is 2. The number of nitrogens with zero attached hydrogens (tertiary/aromatic N) is 2. The summed E-state index contributed by atoms with van der Waals surface area (Å²) in [6, 6.07) is 8.01. The molecule has 0 aliphatic carbocycles. The van der Waals surface area contributed by atoms with Crippen LogP contribution in [0.15, 0.2) is 35.9 Å². The fourth-order valence-electron chi connectivity index (χ4n) is 1.57. The molecule has 0 unspecified atom stereocenters. The minimum Gasteiger partial charge on any atom is -0.323 e. The minimum atomic E-state index is 0.619. The standard InChI is InChI=1S/C11H11ClN2/c1-8(12)7-14-9(2)13-10-5-3-4-6-11(10)14/h3-6H,1,7H2,2H3. The first kappa shape index (κ1) is 9.28. The summed E-state index contributed by atoms with van der Waals surface area (Å²) in [7, 11) is 0. The van der Waals surface area contributed by atoms with Crippen LogP contribution in [0.25, 0.3) is 11.0 Å². The fraction of sp³-hybridized carbons (Fsp3) is 0.182. The van der Waals surface area contributed by atoms with Crippen molar-refractivity contribution in [2.45, 2.75) is 13.5 Å². The average Bonchev–Trinajstić information content (AvgIpc) is 2.43. The second-order valence-electron chi connectivity index (χ2n) is 3.25. The summed E-state index contributed by atoms with van der Waals surface area (Å²) >= 11 is 5.80. The van der Waals surface area contributed by atoms with Crippen molar-refractivity contribution in [1.29, 1.82) is 0 Å². The van der Waals surface area contributed by atoms with Gasteiger partial charge in [-0.1, -0.05) is 30.3 Å². The Morgan fingerprint density at radius 3 is 2.93 bits per heavy atom. The third-order valence-corrected chi connectivity index (χ3v) is 2.29. The molecule has 0 saturated heterocycles. The monoisotopic (exact) mass is 206 g/mol. The molecule has 72 valence electrons. The molecule has 0 bridgehead atoms. The van der Waals surface area contributed by atoms with Crippen molar-refractivity contribution >= 4 is 22.6 Å². The van der Waals surface area contributed by atoms with Gasteiger partial charge in [-0.05, 0) is 19.1 Å². The van der Waals surface area contributed by atoms with E-state index in [4.69, 9.17) is 11.6 Å². The maximum Gasteiger partial charge on any atom is 0.107 e. The van der Waals surface area contributed by atoms with Crippen LogP contribution in [0.2, 0.25) is 0 Å². The number of allylic oxidation sites excluding steroid dienone is 1. The lowest BCUT2D eigenvalue weighted by atomic mass is 10.3. The molecule has 0 atom stereocenters. The van der Waals surface area contributed by atoms with E-state index in [9.17, 15) is 0 Å². The molecule has 2 aromatic rings. The number of rotatable bonds is 2. The van der Waals surface area contributed by atoms with E-state index >= 15 is 0 Å². The van der Waals surface area contributed by atoms with Gasteiger partial charge in [0, 0.05) is 5.03 Å². The number of para-hydroxylation sites is 2. The Balaban J connectivity index is 2.62. The quantitative estimate of drug-likeness (QED) is 0.739. The van der Waals surface area contributed by atoms with Crippen molar-refractivity contribution in [2.24, 2.45) is 0 Å². The van der Waals surface area contributed by atoms with E-state index in [2.05, 4.69) is 16.1 Å². The molecule has 0 aliphatic rings. The summed E-state index contributed by atoms with van der Waals surface area (Å²) in [6.45, 7) is 6.29. The van der Waals surface area contributed by atoms with Gasteiger partial charge in [-0.3, -0.25) is 0 Å². The van der Waals surface area contributed by atoms with E-state index in [0.29, 0.717) is 11.6 Å². The number of fused-ring (bicyclic) bond motifs is 1. The van der Waals surface area contributed by atoms with Gasteiger partial charge in [0.2, 0.25) is 0 Å². The van der Waals surface area contributed by atoms with E-state index < -0.39 is 0 Å². The van der Waals surface area contributed by atoms with Crippen LogP contribution in [-0.4, -0.2) is 9.55 Å². The molecule has 14 heavy (non-hydrogen) atoms. The number of hydrogen-bond acceptors (Lipinski definition) is 1. The fourth-order valence-corrected chi connectivity index (χ4v) is 1.69. The summed E-state index contributed by atoms with van der Waals surface area (Å²) in [5, 5.41) is 0.622. The smallest absolute Gasteiger partial charge is 0.107 e. The summed E-state index contributed by atoms with van der Waals surface area (Å²) in [4.78, 5) is 4.43. The zero-order valence-electron chi connectivity index (χ0n) is 8.00. The number of benzene rings is 1. The molecule has 2 nitrogen and oxygen atoms in total. The van der Waals surface area contributed by atoms with E-state index in [0.717, 1.165) is 16.9 Å². The van der Waals surface area contributed by atoms with Crippen molar-refractivity contribution in [2.75, 3.05) is 0 Å². The van der Waals surface area contributed by atoms with Gasteiger partial charge in [0.15, 0.2) is 0 Å². The highest BCUT2D eigenvalue weighted by Crippen LogP contribution is 2.17. The Labute approximate surface area is 87.8 Å². The summed E-state index contributed by atoms with van der Waals surface area (Å²) < 4.78 is 2.06. The van der Waals surface area contributed by atoms with Crippen molar-refractivity contribution < 1.29 is 0 Å². The maximum atomic E-state index is 5.80. The van der Waals surface area contributed by atoms with Crippen LogP contribution in [0.1, 0.15) is 5.82 Å². The lowest BCUT2D eigenvalue weighted by molar-refractivity contribution is 0.798. The number of aryl methyl sites for hydroxylation is 1. The number of imidazole rings is 1. The summed E-state index contributed by atoms with van der Waals surface area (Å²) in [6.07, 6.45) is 0. The normalized spacial score (nSPS) is 10.7. The molecule has 0 spiro atoms. The van der Waals surface area contributed by atoms with Crippen molar-refractivity contribution in [1.82, 2.24) is 9.55 Å². The zero-order valence-corrected chi connectivity index (χ0v) is 8.75. The van der Waals surface area contributed by atoms with E-state index in [1.165, 1.54) is 0 Å².